The maximum atomic E-state index is 5.04. The summed E-state index contributed by atoms with van der Waals surface area (Å²) in [5.41, 5.74) is 10.6. The maximum absolute atomic E-state index is 5.04. The van der Waals surface area contributed by atoms with Crippen molar-refractivity contribution in [2.45, 2.75) is 5.41 Å². The van der Waals surface area contributed by atoms with E-state index in [1.165, 1.54) is 93.0 Å². The van der Waals surface area contributed by atoms with Crippen LogP contribution in [0.4, 0.5) is 0 Å². The van der Waals surface area contributed by atoms with E-state index in [2.05, 4.69) is 182 Å². The van der Waals surface area contributed by atoms with E-state index >= 15 is 0 Å². The van der Waals surface area contributed by atoms with Crippen molar-refractivity contribution >= 4 is 54.0 Å². The number of hydrogen-bond acceptors (Lipinski definition) is 1. The van der Waals surface area contributed by atoms with E-state index in [1.807, 2.05) is 6.20 Å². The molecule has 1 nitrogen and oxygen atoms in total. The van der Waals surface area contributed by atoms with E-state index in [0.29, 0.717) is 0 Å². The number of hydrogen-bond donors (Lipinski definition) is 0. The lowest BCUT2D eigenvalue weighted by molar-refractivity contribution is 0.776. The molecular formula is C50H31N. The molecule has 0 N–H and O–H groups in total. The van der Waals surface area contributed by atoms with Crippen LogP contribution in [-0.2, 0) is 5.41 Å². The lowest BCUT2D eigenvalue weighted by Crippen LogP contribution is -2.29. The van der Waals surface area contributed by atoms with Gasteiger partial charge in [0.1, 0.15) is 0 Å². The maximum Gasteiger partial charge on any atom is 0.0784 e. The van der Waals surface area contributed by atoms with Gasteiger partial charge < -0.3 is 0 Å². The van der Waals surface area contributed by atoms with Gasteiger partial charge in [0, 0.05) is 17.0 Å². The lowest BCUT2D eigenvalue weighted by atomic mass is 9.66. The number of fused-ring (bicyclic) bond motifs is 14. The molecule has 11 rings (SSSR count). The van der Waals surface area contributed by atoms with Crippen molar-refractivity contribution in [2.75, 3.05) is 0 Å². The Bertz CT molecular complexity index is 2940. The predicted molar refractivity (Wildman–Crippen MR) is 215 cm³/mol. The van der Waals surface area contributed by atoms with Crippen LogP contribution in [0.5, 0.6) is 0 Å². The highest BCUT2D eigenvalue weighted by Gasteiger charge is 2.48. The Kier molecular flexibility index (Phi) is 5.94. The van der Waals surface area contributed by atoms with E-state index in [4.69, 9.17) is 4.98 Å². The quantitative estimate of drug-likeness (QED) is 0.174. The van der Waals surface area contributed by atoms with E-state index in [0.717, 1.165) is 5.52 Å². The highest BCUT2D eigenvalue weighted by molar-refractivity contribution is 6.26. The van der Waals surface area contributed by atoms with Crippen LogP contribution in [-0.4, -0.2) is 4.98 Å². The minimum atomic E-state index is -0.561. The van der Waals surface area contributed by atoms with Crippen molar-refractivity contribution in [1.29, 1.82) is 0 Å². The summed E-state index contributed by atoms with van der Waals surface area (Å²) in [6.45, 7) is 0. The van der Waals surface area contributed by atoms with Gasteiger partial charge in [-0.3, -0.25) is 4.98 Å². The van der Waals surface area contributed by atoms with Gasteiger partial charge in [0.25, 0.3) is 0 Å². The van der Waals surface area contributed by atoms with Gasteiger partial charge >= 0.3 is 0 Å². The largest absolute Gasteiger partial charge is 0.256 e. The van der Waals surface area contributed by atoms with Gasteiger partial charge in [0.15, 0.2) is 0 Å². The van der Waals surface area contributed by atoms with Crippen LogP contribution in [0, 0.1) is 0 Å². The van der Waals surface area contributed by atoms with Crippen molar-refractivity contribution in [2.24, 2.45) is 0 Å². The van der Waals surface area contributed by atoms with Gasteiger partial charge in [0.05, 0.1) is 10.9 Å². The topological polar surface area (TPSA) is 12.9 Å². The summed E-state index contributed by atoms with van der Waals surface area (Å²) in [7, 11) is 0. The molecule has 0 saturated carbocycles. The zero-order valence-corrected chi connectivity index (χ0v) is 27.8. The number of pyridine rings is 1. The molecule has 0 saturated heterocycles. The molecule has 236 valence electrons. The molecule has 0 atom stereocenters. The molecule has 10 aromatic rings. The average Bonchev–Trinajstić information content (AvgIpc) is 3.53. The van der Waals surface area contributed by atoms with E-state index < -0.39 is 5.41 Å². The number of benzene rings is 9. The van der Waals surface area contributed by atoms with E-state index in [9.17, 15) is 0 Å². The minimum Gasteiger partial charge on any atom is -0.256 e. The van der Waals surface area contributed by atoms with Gasteiger partial charge in [-0.2, -0.15) is 0 Å². The SMILES string of the molecule is c1ccc(C2(c3ccccc3)c3cc(-c4ccc5c6ccccc6c6ccccc6c5c4)ccc3-c3c2c2cccnc2c2ccccc32)cc1. The van der Waals surface area contributed by atoms with Crippen LogP contribution in [0.25, 0.3) is 76.2 Å². The van der Waals surface area contributed by atoms with Gasteiger partial charge in [-0.15, -0.1) is 0 Å². The molecule has 0 spiro atoms. The third-order valence-electron chi connectivity index (χ3n) is 11.3. The Morgan fingerprint density at radius 1 is 0.353 bits per heavy atom. The van der Waals surface area contributed by atoms with Gasteiger partial charge in [0.2, 0.25) is 0 Å². The van der Waals surface area contributed by atoms with Crippen LogP contribution < -0.4 is 0 Å². The highest BCUT2D eigenvalue weighted by atomic mass is 14.7. The summed E-state index contributed by atoms with van der Waals surface area (Å²) in [6.07, 6.45) is 1.93. The fourth-order valence-electron chi connectivity index (χ4n) is 9.28. The predicted octanol–water partition coefficient (Wildman–Crippen LogP) is 12.9. The van der Waals surface area contributed by atoms with E-state index in [-0.39, 0.29) is 0 Å². The van der Waals surface area contributed by atoms with Crippen LogP contribution in [0.3, 0.4) is 0 Å². The van der Waals surface area contributed by atoms with E-state index in [1.54, 1.807) is 0 Å². The standard InChI is InChI=1S/C50H31N/c1-3-14-34(15-4-1)50(35-16-5-2-6-17-35)46-31-33(26-28-43(46)47-41-22-11-12-23-42(41)49-44(48(47)50)24-13-29-51-49)32-25-27-40-38-20-8-7-18-36(38)37-19-9-10-21-39(37)45(40)30-32/h1-31H. The summed E-state index contributed by atoms with van der Waals surface area (Å²) in [4.78, 5) is 5.04. The highest BCUT2D eigenvalue weighted by Crippen LogP contribution is 2.60. The molecule has 0 aliphatic heterocycles. The van der Waals surface area contributed by atoms with Crippen molar-refractivity contribution in [1.82, 2.24) is 4.98 Å². The second kappa shape index (κ2) is 10.7. The summed E-state index contributed by atoms with van der Waals surface area (Å²) >= 11 is 0. The zero-order valence-electron chi connectivity index (χ0n) is 27.8. The molecule has 0 fully saturated rings. The first-order chi connectivity index (χ1) is 25.3. The normalized spacial score (nSPS) is 13.3. The van der Waals surface area contributed by atoms with Crippen molar-refractivity contribution in [3.63, 3.8) is 0 Å². The molecule has 9 aromatic carbocycles. The Hall–Kier alpha value is -6.57. The Balaban J connectivity index is 1.27. The third-order valence-corrected chi connectivity index (χ3v) is 11.3. The van der Waals surface area contributed by atoms with Crippen molar-refractivity contribution in [3.05, 3.63) is 210 Å². The van der Waals surface area contributed by atoms with Gasteiger partial charge in [-0.25, -0.2) is 0 Å². The molecule has 0 bridgehead atoms. The van der Waals surface area contributed by atoms with Crippen LogP contribution in [0.1, 0.15) is 22.3 Å². The lowest BCUT2D eigenvalue weighted by Gasteiger charge is -2.35. The first kappa shape index (κ1) is 28.3. The number of rotatable bonds is 3. The molecule has 1 aromatic heterocycles. The first-order valence-corrected chi connectivity index (χ1v) is 17.7. The zero-order chi connectivity index (χ0) is 33.5. The Morgan fingerprint density at radius 3 is 1.49 bits per heavy atom. The van der Waals surface area contributed by atoms with Crippen molar-refractivity contribution < 1.29 is 0 Å². The summed E-state index contributed by atoms with van der Waals surface area (Å²) < 4.78 is 0. The third kappa shape index (κ3) is 3.83. The molecular weight excluding hydrogens is 615 g/mol. The fourth-order valence-corrected chi connectivity index (χ4v) is 9.28. The molecule has 1 aliphatic carbocycles. The molecule has 1 heterocycles. The summed E-state index contributed by atoms with van der Waals surface area (Å²) in [5.74, 6) is 0. The van der Waals surface area contributed by atoms with Crippen LogP contribution in [0.2, 0.25) is 0 Å². The monoisotopic (exact) mass is 645 g/mol. The molecule has 1 aliphatic rings. The number of nitrogens with zero attached hydrogens (tertiary/aromatic N) is 1. The number of aromatic nitrogens is 1. The fraction of sp³-hybridized carbons (Fsp3) is 0.0200. The van der Waals surface area contributed by atoms with Crippen LogP contribution >= 0.6 is 0 Å². The average molecular weight is 646 g/mol. The Labute approximate surface area is 296 Å². The first-order valence-electron chi connectivity index (χ1n) is 17.7. The molecule has 51 heavy (non-hydrogen) atoms. The van der Waals surface area contributed by atoms with Crippen molar-refractivity contribution in [3.8, 4) is 22.3 Å². The molecule has 0 unspecified atom stereocenters. The summed E-state index contributed by atoms with van der Waals surface area (Å²) in [6, 6.07) is 67.3. The smallest absolute Gasteiger partial charge is 0.0784 e. The second-order valence-corrected chi connectivity index (χ2v) is 13.8. The molecule has 1 heteroatoms. The molecule has 0 radical (unpaired) electrons. The van der Waals surface area contributed by atoms with Gasteiger partial charge in [-0.05, 0) is 100 Å². The van der Waals surface area contributed by atoms with Crippen LogP contribution in [0.15, 0.2) is 188 Å². The summed E-state index contributed by atoms with van der Waals surface area (Å²) in [5, 5.41) is 11.4. The second-order valence-electron chi connectivity index (χ2n) is 13.8. The minimum absolute atomic E-state index is 0.561. The molecule has 0 amide bonds. The van der Waals surface area contributed by atoms with Gasteiger partial charge in [-0.1, -0.05) is 164 Å². The Morgan fingerprint density at radius 2 is 0.843 bits per heavy atom.